The molecule has 0 amide bonds. The first-order valence-electron chi connectivity index (χ1n) is 41.6. The third-order valence-electron chi connectivity index (χ3n) is 18.8. The molecular weight excluding hydrogens is 1290 g/mol. The molecule has 0 spiro atoms. The van der Waals surface area contributed by atoms with Gasteiger partial charge in [0.2, 0.25) is 0 Å². The van der Waals surface area contributed by atoms with E-state index >= 15 is 0 Å². The Balaban J connectivity index is 5.23. The lowest BCUT2D eigenvalue weighted by atomic mass is 10.0. The number of aliphatic hydroxyl groups is 1. The molecule has 0 aliphatic carbocycles. The van der Waals surface area contributed by atoms with Gasteiger partial charge in [-0.2, -0.15) is 0 Å². The fourth-order valence-corrected chi connectivity index (χ4v) is 14.0. The Morgan fingerprint density at radius 1 is 0.273 bits per heavy atom. The minimum atomic E-state index is -4.96. The molecule has 0 bridgehead atoms. The van der Waals surface area contributed by atoms with E-state index in [1.165, 1.54) is 250 Å². The molecule has 0 radical (unpaired) electrons. The van der Waals surface area contributed by atoms with Gasteiger partial charge >= 0.3 is 39.5 Å². The number of aliphatic hydroxyl groups excluding tert-OH is 1. The monoisotopic (exact) mass is 1450 g/mol. The molecule has 5 atom stereocenters. The predicted octanol–water partition coefficient (Wildman–Crippen LogP) is 24.0. The van der Waals surface area contributed by atoms with Crippen LogP contribution in [0.5, 0.6) is 0 Å². The number of phosphoric acid groups is 2. The Bertz CT molecular complexity index is 1890. The van der Waals surface area contributed by atoms with Gasteiger partial charge < -0.3 is 33.8 Å². The minimum Gasteiger partial charge on any atom is -0.462 e. The summed E-state index contributed by atoms with van der Waals surface area (Å²) in [5.41, 5.74) is 0. The normalized spacial score (nSPS) is 13.9. The van der Waals surface area contributed by atoms with Crippen molar-refractivity contribution in [3.05, 3.63) is 0 Å². The highest BCUT2D eigenvalue weighted by molar-refractivity contribution is 7.47. The van der Waals surface area contributed by atoms with Gasteiger partial charge in [-0.05, 0) is 31.6 Å². The summed E-state index contributed by atoms with van der Waals surface area (Å²) in [5, 5.41) is 10.6. The van der Waals surface area contributed by atoms with Crippen LogP contribution >= 0.6 is 15.6 Å². The van der Waals surface area contributed by atoms with Gasteiger partial charge in [-0.1, -0.05) is 375 Å². The summed E-state index contributed by atoms with van der Waals surface area (Å²) in [6.45, 7) is 7.33. The first kappa shape index (κ1) is 97.1. The highest BCUT2D eigenvalue weighted by atomic mass is 31.2. The molecule has 2 unspecified atom stereocenters. The lowest BCUT2D eigenvalue weighted by Gasteiger charge is -2.21. The van der Waals surface area contributed by atoms with Crippen LogP contribution in [0.1, 0.15) is 426 Å². The zero-order valence-electron chi connectivity index (χ0n) is 64.6. The molecule has 0 fully saturated rings. The molecule has 17 nitrogen and oxygen atoms in total. The fraction of sp³-hybridized carbons (Fsp3) is 0.950. The second kappa shape index (κ2) is 73.0. The van der Waals surface area contributed by atoms with Crippen LogP contribution in [0.25, 0.3) is 0 Å². The summed E-state index contributed by atoms with van der Waals surface area (Å²) in [6.07, 6.45) is 63.7. The Morgan fingerprint density at radius 3 is 0.687 bits per heavy atom. The molecule has 0 aromatic heterocycles. The van der Waals surface area contributed by atoms with E-state index in [4.69, 9.17) is 37.0 Å². The maximum atomic E-state index is 13.1. The van der Waals surface area contributed by atoms with Crippen LogP contribution < -0.4 is 0 Å². The zero-order chi connectivity index (χ0) is 72.7. The molecule has 0 rings (SSSR count). The van der Waals surface area contributed by atoms with E-state index in [2.05, 4.69) is 34.6 Å². The van der Waals surface area contributed by atoms with Crippen LogP contribution in [0, 0.1) is 5.92 Å². The summed E-state index contributed by atoms with van der Waals surface area (Å²) in [4.78, 5) is 73.0. The highest BCUT2D eigenvalue weighted by Crippen LogP contribution is 2.45. The second-order valence-corrected chi connectivity index (χ2v) is 32.2. The number of ether oxygens (including phenoxy) is 4. The van der Waals surface area contributed by atoms with Gasteiger partial charge in [0.25, 0.3) is 0 Å². The first-order valence-corrected chi connectivity index (χ1v) is 44.6. The number of phosphoric ester groups is 2. The van der Waals surface area contributed by atoms with E-state index in [1.807, 2.05) is 0 Å². The zero-order valence-corrected chi connectivity index (χ0v) is 66.4. The Labute approximate surface area is 607 Å². The number of carbonyl (C=O) groups excluding carboxylic acids is 4. The van der Waals surface area contributed by atoms with Crippen LogP contribution in [0.15, 0.2) is 0 Å². The number of rotatable bonds is 80. The molecule has 588 valence electrons. The van der Waals surface area contributed by atoms with Crippen molar-refractivity contribution in [3.8, 4) is 0 Å². The molecule has 0 aromatic rings. The number of hydrogen-bond donors (Lipinski definition) is 3. The molecule has 0 aliphatic rings. The van der Waals surface area contributed by atoms with E-state index in [-0.39, 0.29) is 25.7 Å². The van der Waals surface area contributed by atoms with Crippen molar-refractivity contribution in [2.24, 2.45) is 5.92 Å². The van der Waals surface area contributed by atoms with E-state index < -0.39 is 97.5 Å². The summed E-state index contributed by atoms with van der Waals surface area (Å²) in [5.74, 6) is -1.34. The maximum absolute atomic E-state index is 13.1. The largest absolute Gasteiger partial charge is 0.472 e. The second-order valence-electron chi connectivity index (χ2n) is 29.3. The van der Waals surface area contributed by atoms with Crippen molar-refractivity contribution in [2.45, 2.75) is 445 Å². The Morgan fingerprint density at radius 2 is 0.465 bits per heavy atom. The van der Waals surface area contributed by atoms with Crippen LogP contribution in [0.4, 0.5) is 0 Å². The number of hydrogen-bond acceptors (Lipinski definition) is 15. The third-order valence-corrected chi connectivity index (χ3v) is 20.7. The van der Waals surface area contributed by atoms with Crippen molar-refractivity contribution in [2.75, 3.05) is 39.6 Å². The topological polar surface area (TPSA) is 237 Å². The van der Waals surface area contributed by atoms with Gasteiger partial charge in [0.1, 0.15) is 19.3 Å². The Hall–Kier alpha value is -1.94. The maximum Gasteiger partial charge on any atom is 0.472 e. The molecule has 0 saturated heterocycles. The van der Waals surface area contributed by atoms with Gasteiger partial charge in [0.15, 0.2) is 12.2 Å². The average Bonchev–Trinajstić information content (AvgIpc) is 1.07. The van der Waals surface area contributed by atoms with Crippen LogP contribution in [-0.4, -0.2) is 96.7 Å². The molecule has 19 heteroatoms. The average molecular weight is 1450 g/mol. The number of unbranched alkanes of at least 4 members (excludes halogenated alkanes) is 52. The molecule has 0 aliphatic heterocycles. The molecule has 0 aromatic carbocycles. The molecule has 3 N–H and O–H groups in total. The number of esters is 4. The van der Waals surface area contributed by atoms with E-state index in [9.17, 15) is 43.2 Å². The quantitative estimate of drug-likeness (QED) is 0.0222. The van der Waals surface area contributed by atoms with Crippen LogP contribution in [0.3, 0.4) is 0 Å². The lowest BCUT2D eigenvalue weighted by Crippen LogP contribution is -2.30. The fourth-order valence-electron chi connectivity index (χ4n) is 12.4. The number of carbonyl (C=O) groups is 4. The van der Waals surface area contributed by atoms with Gasteiger partial charge in [-0.25, -0.2) is 9.13 Å². The van der Waals surface area contributed by atoms with Crippen molar-refractivity contribution in [1.82, 2.24) is 0 Å². The van der Waals surface area contributed by atoms with Crippen LogP contribution in [0.2, 0.25) is 0 Å². The molecule has 99 heavy (non-hydrogen) atoms. The third kappa shape index (κ3) is 74.1. The van der Waals surface area contributed by atoms with Crippen LogP contribution in [-0.2, 0) is 65.4 Å². The van der Waals surface area contributed by atoms with Gasteiger partial charge in [-0.15, -0.1) is 0 Å². The van der Waals surface area contributed by atoms with E-state index in [1.54, 1.807) is 0 Å². The van der Waals surface area contributed by atoms with Gasteiger partial charge in [-0.3, -0.25) is 37.3 Å². The van der Waals surface area contributed by atoms with E-state index in [0.717, 1.165) is 95.8 Å². The van der Waals surface area contributed by atoms with Crippen molar-refractivity contribution in [3.63, 3.8) is 0 Å². The van der Waals surface area contributed by atoms with Crippen molar-refractivity contribution in [1.29, 1.82) is 0 Å². The summed E-state index contributed by atoms with van der Waals surface area (Å²) in [6, 6.07) is 0. The predicted molar refractivity (Wildman–Crippen MR) is 405 cm³/mol. The summed E-state index contributed by atoms with van der Waals surface area (Å²) in [7, 11) is -9.92. The molecular formula is C80H156O17P2. The summed E-state index contributed by atoms with van der Waals surface area (Å²) >= 11 is 0. The molecule has 0 saturated carbocycles. The molecule has 0 heterocycles. The Kier molecular flexibility index (Phi) is 71.6. The lowest BCUT2D eigenvalue weighted by molar-refractivity contribution is -0.161. The SMILES string of the molecule is CCCCCCCCCCCCCCCCCCCCCCC(=O)O[C@H](COC(=O)CCCCCCCCCCCCCC(C)C)COP(=O)(O)OC[C@@H](O)COP(=O)(O)OC[C@@H](COC(=O)CCCCCCCCCCCCC)OC(=O)CCCCCCCCCCCCCCCC. The van der Waals surface area contributed by atoms with Gasteiger partial charge in [0.05, 0.1) is 26.4 Å². The minimum absolute atomic E-state index is 0.108. The van der Waals surface area contributed by atoms with Gasteiger partial charge in [0, 0.05) is 25.7 Å². The summed E-state index contributed by atoms with van der Waals surface area (Å²) < 4.78 is 68.7. The first-order chi connectivity index (χ1) is 48.0. The van der Waals surface area contributed by atoms with Crippen molar-refractivity contribution < 1.29 is 80.2 Å². The van der Waals surface area contributed by atoms with E-state index in [0.29, 0.717) is 25.7 Å². The van der Waals surface area contributed by atoms with Crippen molar-refractivity contribution >= 4 is 39.5 Å². The smallest absolute Gasteiger partial charge is 0.462 e. The highest BCUT2D eigenvalue weighted by Gasteiger charge is 2.30. The standard InChI is InChI=1S/C80H156O17P2/c1-6-9-12-15-18-21-24-26-28-29-30-31-32-33-35-40-46-51-56-61-66-80(85)97-76(70-91-78(83)64-59-54-49-44-41-36-38-42-47-52-57-62-73(4)5)72-95-99(88,89)93-68-74(81)67-92-98(86,87)94-71-75(69-90-77(82)63-58-53-48-43-37-23-20-17-14-11-8-3)96-79(84)65-60-55-50-45-39-34-27-25-22-19-16-13-10-7-2/h73-76,81H,6-72H2,1-5H3,(H,86,87)(H,88,89)/t74-,75+,76+/m0/s1.